The molecule has 2 nitrogen and oxygen atoms in total. The van der Waals surface area contributed by atoms with Crippen molar-refractivity contribution in [2.45, 2.75) is 11.8 Å². The average molecular weight is 237 g/mol. The molecular weight excluding hydrogens is 226 g/mol. The fraction of sp³-hybridized carbons (Fsp3) is 0.273. The Hall–Kier alpha value is -1.05. The average Bonchev–Trinajstić information content (AvgIpc) is 2.27. The van der Waals surface area contributed by atoms with Crippen LogP contribution in [0.4, 0.5) is 0 Å². The van der Waals surface area contributed by atoms with Gasteiger partial charge in [0.1, 0.15) is 0 Å². The summed E-state index contributed by atoms with van der Waals surface area (Å²) < 4.78 is 5.17. The molecule has 0 atom stereocenters. The van der Waals surface area contributed by atoms with E-state index in [0.29, 0.717) is 23.0 Å². The molecule has 0 saturated heterocycles. The Morgan fingerprint density at radius 2 is 2.13 bits per heavy atom. The van der Waals surface area contributed by atoms with Crippen molar-refractivity contribution in [3.05, 3.63) is 29.8 Å². The molecule has 0 fully saturated rings. The van der Waals surface area contributed by atoms with E-state index in [4.69, 9.17) is 22.2 Å². The quantitative estimate of drug-likeness (QED) is 0.595. The summed E-state index contributed by atoms with van der Waals surface area (Å²) in [7, 11) is 0. The summed E-state index contributed by atoms with van der Waals surface area (Å²) in [6.45, 7) is 2.53. The van der Waals surface area contributed by atoms with Crippen LogP contribution < -0.4 is 0 Å². The number of rotatable bonds is 4. The predicted molar refractivity (Wildman–Crippen MR) is 66.1 cm³/mol. The van der Waals surface area contributed by atoms with Gasteiger partial charge in [-0.2, -0.15) is 5.26 Å². The van der Waals surface area contributed by atoms with Gasteiger partial charge >= 0.3 is 0 Å². The highest BCUT2D eigenvalue weighted by atomic mass is 32.2. The molecule has 0 N–H and O–H groups in total. The molecule has 0 unspecified atom stereocenters. The predicted octanol–water partition coefficient (Wildman–Crippen LogP) is 3.01. The first-order valence-corrected chi connectivity index (χ1v) is 5.94. The number of ether oxygens (including phenoxy) is 1. The van der Waals surface area contributed by atoms with Crippen LogP contribution >= 0.6 is 24.0 Å². The van der Waals surface area contributed by atoms with Gasteiger partial charge in [0.2, 0.25) is 0 Å². The van der Waals surface area contributed by atoms with E-state index < -0.39 is 0 Å². The molecule has 0 heterocycles. The number of nitriles is 1. The van der Waals surface area contributed by atoms with E-state index in [0.717, 1.165) is 4.90 Å². The van der Waals surface area contributed by atoms with E-state index in [-0.39, 0.29) is 0 Å². The Bertz CT molecular complexity index is 367. The summed E-state index contributed by atoms with van der Waals surface area (Å²) in [5.41, 5.74) is 0.673. The maximum Gasteiger partial charge on any atom is 0.169 e. The lowest BCUT2D eigenvalue weighted by Crippen LogP contribution is -2.03. The van der Waals surface area contributed by atoms with E-state index in [1.807, 2.05) is 19.1 Å². The van der Waals surface area contributed by atoms with Crippen LogP contribution in [0.2, 0.25) is 0 Å². The largest absolute Gasteiger partial charge is 0.486 e. The van der Waals surface area contributed by atoms with Crippen molar-refractivity contribution in [2.24, 2.45) is 0 Å². The van der Waals surface area contributed by atoms with E-state index in [1.54, 1.807) is 23.9 Å². The van der Waals surface area contributed by atoms with Crippen LogP contribution in [-0.4, -0.2) is 17.4 Å². The molecule has 4 heteroatoms. The lowest BCUT2D eigenvalue weighted by molar-refractivity contribution is 0.335. The zero-order chi connectivity index (χ0) is 11.1. The second-order valence-corrected chi connectivity index (χ2v) is 4.23. The van der Waals surface area contributed by atoms with Crippen molar-refractivity contribution in [3.63, 3.8) is 0 Å². The Morgan fingerprint density at radius 1 is 1.47 bits per heavy atom. The minimum absolute atomic E-state index is 0.617. The lowest BCUT2D eigenvalue weighted by atomic mass is 10.2. The van der Waals surface area contributed by atoms with Crippen molar-refractivity contribution in [1.82, 2.24) is 0 Å². The third kappa shape index (κ3) is 4.32. The Balaban J connectivity index is 2.45. The van der Waals surface area contributed by atoms with Crippen LogP contribution in [0.25, 0.3) is 0 Å². The minimum atomic E-state index is 0.617. The minimum Gasteiger partial charge on any atom is -0.486 e. The topological polar surface area (TPSA) is 33.0 Å². The summed E-state index contributed by atoms with van der Waals surface area (Å²) in [4.78, 5) is 1.09. The van der Waals surface area contributed by atoms with Gasteiger partial charge in [0.25, 0.3) is 0 Å². The van der Waals surface area contributed by atoms with E-state index >= 15 is 0 Å². The van der Waals surface area contributed by atoms with Crippen LogP contribution in [0.5, 0.6) is 0 Å². The summed E-state index contributed by atoms with van der Waals surface area (Å²) >= 11 is 6.62. The van der Waals surface area contributed by atoms with Gasteiger partial charge in [-0.15, -0.1) is 11.8 Å². The molecule has 0 amide bonds. The molecule has 1 aromatic rings. The standard InChI is InChI=1S/C11H11NOS2/c1-2-13-11(14)8-15-10-5-3-9(7-12)4-6-10/h3-6H,2,8H2,1H3. The monoisotopic (exact) mass is 237 g/mol. The van der Waals surface area contributed by atoms with Gasteiger partial charge in [0.05, 0.1) is 24.0 Å². The molecule has 0 aliphatic rings. The Labute approximate surface area is 99.2 Å². The van der Waals surface area contributed by atoms with E-state index in [9.17, 15) is 0 Å². The SMILES string of the molecule is CCOC(=S)CSc1ccc(C#N)cc1. The second-order valence-electron chi connectivity index (χ2n) is 2.73. The van der Waals surface area contributed by atoms with E-state index in [1.165, 1.54) is 0 Å². The van der Waals surface area contributed by atoms with Crippen LogP contribution in [0.15, 0.2) is 29.2 Å². The van der Waals surface area contributed by atoms with Crippen LogP contribution in [0.3, 0.4) is 0 Å². The third-order valence-corrected chi connectivity index (χ3v) is 3.10. The summed E-state index contributed by atoms with van der Waals surface area (Å²) in [6, 6.07) is 9.50. The first-order chi connectivity index (χ1) is 7.26. The maximum atomic E-state index is 8.62. The number of hydrogen-bond donors (Lipinski definition) is 0. The molecule has 78 valence electrons. The van der Waals surface area contributed by atoms with Crippen LogP contribution in [0.1, 0.15) is 12.5 Å². The molecule has 0 aromatic heterocycles. The fourth-order valence-corrected chi connectivity index (χ4v) is 1.96. The number of thioether (sulfide) groups is 1. The zero-order valence-corrected chi connectivity index (χ0v) is 10.0. The van der Waals surface area contributed by atoms with Gasteiger partial charge in [-0.3, -0.25) is 0 Å². The van der Waals surface area contributed by atoms with E-state index in [2.05, 4.69) is 6.07 Å². The summed E-state index contributed by atoms with van der Waals surface area (Å²) in [6.07, 6.45) is 0. The van der Waals surface area contributed by atoms with Gasteiger partial charge in [-0.25, -0.2) is 0 Å². The molecule has 0 radical (unpaired) electrons. The highest BCUT2D eigenvalue weighted by Crippen LogP contribution is 2.18. The Kier molecular flexibility index (Phi) is 5.16. The number of thiocarbonyl (C=S) groups is 1. The van der Waals surface area contributed by atoms with Gasteiger partial charge in [-0.1, -0.05) is 0 Å². The number of nitrogens with zero attached hydrogens (tertiary/aromatic N) is 1. The van der Waals surface area contributed by atoms with Crippen LogP contribution in [-0.2, 0) is 4.74 Å². The van der Waals surface area contributed by atoms with Gasteiger partial charge in [0.15, 0.2) is 5.05 Å². The third-order valence-electron chi connectivity index (χ3n) is 1.65. The first-order valence-electron chi connectivity index (χ1n) is 4.55. The molecule has 0 aliphatic carbocycles. The Morgan fingerprint density at radius 3 is 2.67 bits per heavy atom. The molecular formula is C11H11NOS2. The van der Waals surface area contributed by atoms with Gasteiger partial charge in [0, 0.05) is 4.90 Å². The van der Waals surface area contributed by atoms with Gasteiger partial charge in [-0.05, 0) is 43.4 Å². The first kappa shape index (κ1) is 12.0. The highest BCUT2D eigenvalue weighted by molar-refractivity contribution is 8.01. The molecule has 1 aromatic carbocycles. The molecule has 15 heavy (non-hydrogen) atoms. The number of hydrogen-bond acceptors (Lipinski definition) is 4. The normalized spacial score (nSPS) is 9.33. The van der Waals surface area contributed by atoms with Gasteiger partial charge < -0.3 is 4.74 Å². The number of benzene rings is 1. The van der Waals surface area contributed by atoms with Crippen molar-refractivity contribution >= 4 is 29.0 Å². The summed E-state index contributed by atoms with van der Waals surface area (Å²) in [5.74, 6) is 0.676. The molecule has 1 rings (SSSR count). The highest BCUT2D eigenvalue weighted by Gasteiger charge is 1.99. The maximum absolute atomic E-state index is 8.62. The summed E-state index contributed by atoms with van der Waals surface area (Å²) in [5, 5.41) is 9.24. The lowest BCUT2D eigenvalue weighted by Gasteiger charge is -2.04. The molecule has 0 spiro atoms. The second kappa shape index (κ2) is 6.44. The molecule has 0 aliphatic heterocycles. The molecule has 0 bridgehead atoms. The zero-order valence-electron chi connectivity index (χ0n) is 8.40. The molecule has 0 saturated carbocycles. The smallest absolute Gasteiger partial charge is 0.169 e. The van der Waals surface area contributed by atoms with Crippen molar-refractivity contribution in [1.29, 1.82) is 5.26 Å². The van der Waals surface area contributed by atoms with Crippen molar-refractivity contribution in [3.8, 4) is 6.07 Å². The van der Waals surface area contributed by atoms with Crippen molar-refractivity contribution in [2.75, 3.05) is 12.4 Å². The van der Waals surface area contributed by atoms with Crippen LogP contribution in [0, 0.1) is 11.3 Å². The fourth-order valence-electron chi connectivity index (χ4n) is 0.971. The van der Waals surface area contributed by atoms with Crippen molar-refractivity contribution < 1.29 is 4.74 Å².